The van der Waals surface area contributed by atoms with Gasteiger partial charge in [-0.15, -0.1) is 0 Å². The number of nitrogens with one attached hydrogen (secondary N) is 1. The van der Waals surface area contributed by atoms with Gasteiger partial charge in [0.2, 0.25) is 5.91 Å². The Kier molecular flexibility index (Phi) is 5.56. The molecule has 0 bridgehead atoms. The van der Waals surface area contributed by atoms with Crippen molar-refractivity contribution in [2.24, 2.45) is 0 Å². The maximum atomic E-state index is 12.2. The van der Waals surface area contributed by atoms with Crippen molar-refractivity contribution in [3.63, 3.8) is 0 Å². The van der Waals surface area contributed by atoms with Crippen LogP contribution in [0.25, 0.3) is 0 Å². The van der Waals surface area contributed by atoms with E-state index in [0.717, 1.165) is 12.1 Å². The average molecular weight is 276 g/mol. The van der Waals surface area contributed by atoms with Gasteiger partial charge in [0.05, 0.1) is 13.2 Å². The third kappa shape index (κ3) is 4.32. The molecule has 0 saturated carbocycles. The van der Waals surface area contributed by atoms with E-state index in [2.05, 4.69) is 31.3 Å². The maximum absolute atomic E-state index is 12.2. The van der Waals surface area contributed by atoms with Gasteiger partial charge in [-0.1, -0.05) is 44.2 Å². The van der Waals surface area contributed by atoms with E-state index >= 15 is 0 Å². The smallest absolute Gasteiger partial charge is 0.224 e. The van der Waals surface area contributed by atoms with E-state index < -0.39 is 0 Å². The molecular formula is C16H24N2O2. The molecule has 1 atom stereocenters. The molecule has 1 amide bonds. The van der Waals surface area contributed by atoms with Gasteiger partial charge < -0.3 is 15.0 Å². The van der Waals surface area contributed by atoms with Crippen LogP contribution in [0.1, 0.15) is 31.9 Å². The highest BCUT2D eigenvalue weighted by Gasteiger charge is 2.24. The molecule has 1 fully saturated rings. The fraction of sp³-hybridized carbons (Fsp3) is 0.562. The molecule has 4 nitrogen and oxygen atoms in total. The van der Waals surface area contributed by atoms with Gasteiger partial charge in [0.25, 0.3) is 0 Å². The predicted octanol–water partition coefficient (Wildman–Crippen LogP) is 1.97. The van der Waals surface area contributed by atoms with E-state index in [9.17, 15) is 4.79 Å². The standard InChI is InChI=1S/C16H24N2O2/c1-13(2)17-9-8-16(19)18-10-11-20-15(12-18)14-6-4-3-5-7-14/h3-7,13,15,17H,8-12H2,1-2H3. The average Bonchev–Trinajstić information content (AvgIpc) is 2.48. The number of carbonyl (C=O) groups is 1. The zero-order chi connectivity index (χ0) is 14.4. The van der Waals surface area contributed by atoms with E-state index in [-0.39, 0.29) is 12.0 Å². The lowest BCUT2D eigenvalue weighted by Gasteiger charge is -2.33. The fourth-order valence-electron chi connectivity index (χ4n) is 2.37. The first-order chi connectivity index (χ1) is 9.66. The number of hydrogen-bond donors (Lipinski definition) is 1. The van der Waals surface area contributed by atoms with E-state index in [0.29, 0.717) is 32.2 Å². The van der Waals surface area contributed by atoms with Crippen molar-refractivity contribution in [1.29, 1.82) is 0 Å². The van der Waals surface area contributed by atoms with Crippen LogP contribution >= 0.6 is 0 Å². The van der Waals surface area contributed by atoms with Crippen LogP contribution in [-0.4, -0.2) is 43.1 Å². The summed E-state index contributed by atoms with van der Waals surface area (Å²) >= 11 is 0. The van der Waals surface area contributed by atoms with Gasteiger partial charge in [-0.3, -0.25) is 4.79 Å². The number of ether oxygens (including phenoxy) is 1. The Morgan fingerprint density at radius 3 is 2.85 bits per heavy atom. The Balaban J connectivity index is 1.85. The van der Waals surface area contributed by atoms with Crippen molar-refractivity contribution in [1.82, 2.24) is 10.2 Å². The third-order valence-corrected chi connectivity index (χ3v) is 3.48. The van der Waals surface area contributed by atoms with Crippen molar-refractivity contribution in [3.8, 4) is 0 Å². The summed E-state index contributed by atoms with van der Waals surface area (Å²) in [7, 11) is 0. The minimum Gasteiger partial charge on any atom is -0.370 e. The van der Waals surface area contributed by atoms with E-state index in [1.54, 1.807) is 0 Å². The molecule has 20 heavy (non-hydrogen) atoms. The van der Waals surface area contributed by atoms with Gasteiger partial charge in [-0.2, -0.15) is 0 Å². The molecule has 0 radical (unpaired) electrons. The summed E-state index contributed by atoms with van der Waals surface area (Å²) in [6, 6.07) is 10.5. The van der Waals surface area contributed by atoms with Crippen molar-refractivity contribution in [3.05, 3.63) is 35.9 Å². The molecule has 2 rings (SSSR count). The summed E-state index contributed by atoms with van der Waals surface area (Å²) in [6.07, 6.45) is 0.562. The monoisotopic (exact) mass is 276 g/mol. The topological polar surface area (TPSA) is 41.6 Å². The molecule has 0 aliphatic carbocycles. The van der Waals surface area contributed by atoms with Crippen LogP contribution in [0.2, 0.25) is 0 Å². The summed E-state index contributed by atoms with van der Waals surface area (Å²) in [5.74, 6) is 0.211. The number of benzene rings is 1. The molecule has 1 aromatic carbocycles. The van der Waals surface area contributed by atoms with Gasteiger partial charge in [0, 0.05) is 25.6 Å². The molecule has 110 valence electrons. The maximum Gasteiger partial charge on any atom is 0.224 e. The number of rotatable bonds is 5. The van der Waals surface area contributed by atoms with E-state index in [1.807, 2.05) is 23.1 Å². The Bertz CT molecular complexity index is 420. The molecule has 1 heterocycles. The van der Waals surface area contributed by atoms with Crippen LogP contribution < -0.4 is 5.32 Å². The normalized spacial score (nSPS) is 19.4. The molecule has 4 heteroatoms. The summed E-state index contributed by atoms with van der Waals surface area (Å²) < 4.78 is 5.78. The largest absolute Gasteiger partial charge is 0.370 e. The predicted molar refractivity (Wildman–Crippen MR) is 79.5 cm³/mol. The fourth-order valence-corrected chi connectivity index (χ4v) is 2.37. The number of morpholine rings is 1. The Labute approximate surface area is 121 Å². The molecule has 1 N–H and O–H groups in total. The van der Waals surface area contributed by atoms with Crippen LogP contribution in [0.5, 0.6) is 0 Å². The van der Waals surface area contributed by atoms with Gasteiger partial charge in [-0.25, -0.2) is 0 Å². The van der Waals surface area contributed by atoms with E-state index in [4.69, 9.17) is 4.74 Å². The zero-order valence-electron chi connectivity index (χ0n) is 12.3. The lowest BCUT2D eigenvalue weighted by atomic mass is 10.1. The van der Waals surface area contributed by atoms with Crippen LogP contribution in [0.3, 0.4) is 0 Å². The molecule has 1 aliphatic rings. The molecule has 0 spiro atoms. The Morgan fingerprint density at radius 2 is 2.15 bits per heavy atom. The molecule has 1 saturated heterocycles. The number of amides is 1. The quantitative estimate of drug-likeness (QED) is 0.894. The van der Waals surface area contributed by atoms with Crippen molar-refractivity contribution < 1.29 is 9.53 Å². The van der Waals surface area contributed by atoms with Crippen molar-refractivity contribution >= 4 is 5.91 Å². The number of nitrogens with zero attached hydrogens (tertiary/aromatic N) is 1. The lowest BCUT2D eigenvalue weighted by molar-refractivity contribution is -0.138. The van der Waals surface area contributed by atoms with Gasteiger partial charge in [0.15, 0.2) is 0 Å². The zero-order valence-corrected chi connectivity index (χ0v) is 12.3. The van der Waals surface area contributed by atoms with Gasteiger partial charge >= 0.3 is 0 Å². The number of hydrogen-bond acceptors (Lipinski definition) is 3. The van der Waals surface area contributed by atoms with Crippen LogP contribution in [-0.2, 0) is 9.53 Å². The van der Waals surface area contributed by atoms with Gasteiger partial charge in [-0.05, 0) is 5.56 Å². The van der Waals surface area contributed by atoms with Crippen LogP contribution in [0, 0.1) is 0 Å². The molecular weight excluding hydrogens is 252 g/mol. The molecule has 1 aromatic rings. The summed E-state index contributed by atoms with van der Waals surface area (Å²) in [4.78, 5) is 14.1. The highest BCUT2D eigenvalue weighted by Crippen LogP contribution is 2.22. The molecule has 1 aliphatic heterocycles. The van der Waals surface area contributed by atoms with Crippen molar-refractivity contribution in [2.75, 3.05) is 26.2 Å². The minimum absolute atomic E-state index is 0.00644. The Morgan fingerprint density at radius 1 is 1.40 bits per heavy atom. The number of carbonyl (C=O) groups excluding carboxylic acids is 1. The Hall–Kier alpha value is -1.39. The molecule has 1 unspecified atom stereocenters. The van der Waals surface area contributed by atoms with Crippen LogP contribution in [0.15, 0.2) is 30.3 Å². The van der Waals surface area contributed by atoms with Crippen LogP contribution in [0.4, 0.5) is 0 Å². The third-order valence-electron chi connectivity index (χ3n) is 3.48. The summed E-state index contributed by atoms with van der Waals surface area (Å²) in [5, 5.41) is 3.28. The first-order valence-corrected chi connectivity index (χ1v) is 7.34. The highest BCUT2D eigenvalue weighted by molar-refractivity contribution is 5.76. The second-order valence-electron chi connectivity index (χ2n) is 5.47. The first kappa shape index (κ1) is 15.0. The van der Waals surface area contributed by atoms with Crippen molar-refractivity contribution in [2.45, 2.75) is 32.4 Å². The lowest BCUT2D eigenvalue weighted by Crippen LogP contribution is -2.43. The molecule has 0 aromatic heterocycles. The van der Waals surface area contributed by atoms with E-state index in [1.165, 1.54) is 0 Å². The first-order valence-electron chi connectivity index (χ1n) is 7.34. The summed E-state index contributed by atoms with van der Waals surface area (Å²) in [6.45, 7) is 6.89. The second-order valence-corrected chi connectivity index (χ2v) is 5.47. The minimum atomic E-state index is 0.00644. The summed E-state index contributed by atoms with van der Waals surface area (Å²) in [5.41, 5.74) is 1.14. The SMILES string of the molecule is CC(C)NCCC(=O)N1CCOC(c2ccccc2)C1. The highest BCUT2D eigenvalue weighted by atomic mass is 16.5. The van der Waals surface area contributed by atoms with Gasteiger partial charge in [0.1, 0.15) is 6.10 Å². The second kappa shape index (κ2) is 7.41.